The Morgan fingerprint density at radius 1 is 1.33 bits per heavy atom. The lowest BCUT2D eigenvalue weighted by molar-refractivity contribution is 0.553. The first-order valence-electron chi connectivity index (χ1n) is 6.43. The fourth-order valence-corrected chi connectivity index (χ4v) is 2.72. The first-order chi connectivity index (χ1) is 10.1. The molecule has 105 valence electrons. The molecule has 0 fully saturated rings. The van der Waals surface area contributed by atoms with Crippen LogP contribution < -0.4 is 0 Å². The summed E-state index contributed by atoms with van der Waals surface area (Å²) in [5, 5.41) is 8.04. The second-order valence-corrected chi connectivity index (χ2v) is 5.56. The normalized spacial score (nSPS) is 10.8. The highest BCUT2D eigenvalue weighted by Gasteiger charge is 2.19. The predicted molar refractivity (Wildman–Crippen MR) is 85.2 cm³/mol. The SMILES string of the molecule is C=Cc1nnc(-c2c(C)[c]c(C)n2-c2cccc(Br)c2)o1. The van der Waals surface area contributed by atoms with Crippen molar-refractivity contribution in [3.63, 3.8) is 0 Å². The molecule has 21 heavy (non-hydrogen) atoms. The minimum absolute atomic E-state index is 0.407. The summed E-state index contributed by atoms with van der Waals surface area (Å²) in [6, 6.07) is 11.4. The van der Waals surface area contributed by atoms with Gasteiger partial charge in [0, 0.05) is 21.9 Å². The molecule has 0 atom stereocenters. The number of nitrogens with zero attached hydrogens (tertiary/aromatic N) is 3. The van der Waals surface area contributed by atoms with Gasteiger partial charge in [0.1, 0.15) is 5.69 Å². The Hall–Kier alpha value is -2.14. The Kier molecular flexibility index (Phi) is 3.51. The summed E-state index contributed by atoms with van der Waals surface area (Å²) in [4.78, 5) is 0. The molecule has 3 rings (SSSR count). The van der Waals surface area contributed by atoms with Gasteiger partial charge < -0.3 is 8.98 Å². The number of aromatic nitrogens is 3. The Morgan fingerprint density at radius 2 is 2.14 bits per heavy atom. The zero-order chi connectivity index (χ0) is 15.0. The highest BCUT2D eigenvalue weighted by molar-refractivity contribution is 9.10. The van der Waals surface area contributed by atoms with Crippen molar-refractivity contribution in [2.45, 2.75) is 13.8 Å². The monoisotopic (exact) mass is 342 g/mol. The zero-order valence-corrected chi connectivity index (χ0v) is 13.3. The first-order valence-corrected chi connectivity index (χ1v) is 7.23. The summed E-state index contributed by atoms with van der Waals surface area (Å²) in [7, 11) is 0. The van der Waals surface area contributed by atoms with Crippen molar-refractivity contribution in [3.8, 4) is 17.3 Å². The lowest BCUT2D eigenvalue weighted by Gasteiger charge is -2.10. The quantitative estimate of drug-likeness (QED) is 0.710. The second kappa shape index (κ2) is 5.33. The molecular formula is C16H13BrN3O. The van der Waals surface area contributed by atoms with Crippen molar-refractivity contribution in [1.82, 2.24) is 14.8 Å². The Morgan fingerprint density at radius 3 is 2.81 bits per heavy atom. The second-order valence-electron chi connectivity index (χ2n) is 4.65. The third-order valence-electron chi connectivity index (χ3n) is 3.17. The summed E-state index contributed by atoms with van der Waals surface area (Å²) in [5.41, 5.74) is 3.82. The van der Waals surface area contributed by atoms with E-state index in [9.17, 15) is 0 Å². The molecule has 1 radical (unpaired) electrons. The van der Waals surface area contributed by atoms with Crippen LogP contribution in [0.15, 0.2) is 39.7 Å². The van der Waals surface area contributed by atoms with E-state index in [0.29, 0.717) is 11.8 Å². The minimum atomic E-state index is 0.407. The van der Waals surface area contributed by atoms with Crippen molar-refractivity contribution in [2.75, 3.05) is 0 Å². The van der Waals surface area contributed by atoms with E-state index in [1.165, 1.54) is 6.08 Å². The molecule has 2 aromatic heterocycles. The molecule has 0 saturated carbocycles. The van der Waals surface area contributed by atoms with Gasteiger partial charge in [-0.15, -0.1) is 10.2 Å². The van der Waals surface area contributed by atoms with Gasteiger partial charge in [-0.25, -0.2) is 0 Å². The van der Waals surface area contributed by atoms with E-state index in [-0.39, 0.29) is 0 Å². The number of hydrogen-bond acceptors (Lipinski definition) is 3. The molecule has 5 heteroatoms. The maximum atomic E-state index is 5.61. The van der Waals surface area contributed by atoms with Gasteiger partial charge in [-0.2, -0.15) is 0 Å². The minimum Gasteiger partial charge on any atom is -0.415 e. The molecule has 0 aliphatic carbocycles. The molecule has 0 unspecified atom stereocenters. The van der Waals surface area contributed by atoms with Crippen LogP contribution in [0.25, 0.3) is 23.3 Å². The highest BCUT2D eigenvalue weighted by Crippen LogP contribution is 2.30. The predicted octanol–water partition coefficient (Wildman–Crippen LogP) is 4.35. The van der Waals surface area contributed by atoms with Crippen LogP contribution in [-0.2, 0) is 0 Å². The van der Waals surface area contributed by atoms with Crippen LogP contribution in [0.1, 0.15) is 17.1 Å². The molecular weight excluding hydrogens is 330 g/mol. The lowest BCUT2D eigenvalue weighted by atomic mass is 10.2. The van der Waals surface area contributed by atoms with Gasteiger partial charge in [0.05, 0.1) is 0 Å². The number of hydrogen-bond donors (Lipinski definition) is 0. The van der Waals surface area contributed by atoms with Gasteiger partial charge >= 0.3 is 0 Å². The summed E-state index contributed by atoms with van der Waals surface area (Å²) < 4.78 is 8.68. The zero-order valence-electron chi connectivity index (χ0n) is 11.7. The molecule has 0 bridgehead atoms. The van der Waals surface area contributed by atoms with Crippen molar-refractivity contribution in [2.24, 2.45) is 0 Å². The van der Waals surface area contributed by atoms with Crippen molar-refractivity contribution in [1.29, 1.82) is 0 Å². The maximum absolute atomic E-state index is 5.61. The molecule has 0 saturated heterocycles. The van der Waals surface area contributed by atoms with Gasteiger partial charge in [0.15, 0.2) is 0 Å². The van der Waals surface area contributed by atoms with Crippen LogP contribution in [-0.4, -0.2) is 14.8 Å². The van der Waals surface area contributed by atoms with E-state index in [4.69, 9.17) is 4.42 Å². The van der Waals surface area contributed by atoms with Crippen LogP contribution in [0.3, 0.4) is 0 Å². The van der Waals surface area contributed by atoms with E-state index < -0.39 is 0 Å². The van der Waals surface area contributed by atoms with E-state index in [1.54, 1.807) is 0 Å². The van der Waals surface area contributed by atoms with Crippen molar-refractivity contribution in [3.05, 3.63) is 58.5 Å². The molecule has 0 spiro atoms. The molecule has 1 aromatic carbocycles. The average Bonchev–Trinajstić information content (AvgIpc) is 3.02. The topological polar surface area (TPSA) is 43.9 Å². The van der Waals surface area contributed by atoms with Gasteiger partial charge in [0.25, 0.3) is 5.89 Å². The van der Waals surface area contributed by atoms with Crippen molar-refractivity contribution < 1.29 is 4.42 Å². The number of rotatable bonds is 3. The van der Waals surface area contributed by atoms with Crippen molar-refractivity contribution >= 4 is 22.0 Å². The van der Waals surface area contributed by atoms with Crippen LogP contribution in [0.2, 0.25) is 0 Å². The summed E-state index contributed by atoms with van der Waals surface area (Å²) in [6.07, 6.45) is 1.54. The summed E-state index contributed by atoms with van der Waals surface area (Å²) in [6.45, 7) is 7.62. The number of benzene rings is 1. The van der Waals surface area contributed by atoms with Crippen LogP contribution in [0, 0.1) is 19.9 Å². The first kappa shape index (κ1) is 13.8. The highest BCUT2D eigenvalue weighted by atomic mass is 79.9. The van der Waals surface area contributed by atoms with Crippen LogP contribution in [0.5, 0.6) is 0 Å². The smallest absolute Gasteiger partial charge is 0.265 e. The fourth-order valence-electron chi connectivity index (χ4n) is 2.33. The summed E-state index contributed by atoms with van der Waals surface area (Å²) >= 11 is 3.50. The maximum Gasteiger partial charge on any atom is 0.265 e. The average molecular weight is 343 g/mol. The molecule has 2 heterocycles. The van der Waals surface area contributed by atoms with Gasteiger partial charge in [-0.1, -0.05) is 28.6 Å². The van der Waals surface area contributed by atoms with Crippen LogP contribution in [0.4, 0.5) is 0 Å². The fraction of sp³-hybridized carbons (Fsp3) is 0.125. The molecule has 0 aliphatic heterocycles. The standard InChI is InChI=1S/C16H13BrN3O/c1-4-14-18-19-16(21-14)15-10(2)8-11(3)20(15)13-7-5-6-12(17)9-13/h4-7,9H,1H2,2-3H3. The molecule has 4 nitrogen and oxygen atoms in total. The third-order valence-corrected chi connectivity index (χ3v) is 3.66. The Labute approximate surface area is 131 Å². The third kappa shape index (κ3) is 2.45. The van der Waals surface area contributed by atoms with Crippen LogP contribution >= 0.6 is 15.9 Å². The molecule has 3 aromatic rings. The van der Waals surface area contributed by atoms with Gasteiger partial charge in [0.2, 0.25) is 5.89 Å². The molecule has 0 aliphatic rings. The molecule has 0 amide bonds. The van der Waals surface area contributed by atoms with Gasteiger partial charge in [-0.05, 0) is 43.7 Å². The molecule has 0 N–H and O–H groups in total. The van der Waals surface area contributed by atoms with E-state index in [1.807, 2.05) is 38.1 Å². The Bertz CT molecular complexity index is 817. The van der Waals surface area contributed by atoms with E-state index in [0.717, 1.165) is 27.1 Å². The Balaban J connectivity index is 2.23. The largest absolute Gasteiger partial charge is 0.415 e. The number of halogens is 1. The van der Waals surface area contributed by atoms with E-state index >= 15 is 0 Å². The van der Waals surface area contributed by atoms with E-state index in [2.05, 4.69) is 43.3 Å². The lowest BCUT2D eigenvalue weighted by Crippen LogP contribution is -1.99. The number of aryl methyl sites for hydroxylation is 2. The summed E-state index contributed by atoms with van der Waals surface area (Å²) in [5.74, 6) is 0.871. The van der Waals surface area contributed by atoms with Gasteiger partial charge in [-0.3, -0.25) is 0 Å².